The van der Waals surface area contributed by atoms with Crippen molar-refractivity contribution in [3.63, 3.8) is 0 Å². The quantitative estimate of drug-likeness (QED) is 0.789. The Hall–Kier alpha value is -2.54. The molecule has 0 fully saturated rings. The van der Waals surface area contributed by atoms with Crippen molar-refractivity contribution in [2.24, 2.45) is 0 Å². The van der Waals surface area contributed by atoms with Crippen LogP contribution in [0.4, 0.5) is 5.69 Å². The average Bonchev–Trinajstić information content (AvgIpc) is 3.01. The van der Waals surface area contributed by atoms with E-state index in [2.05, 4.69) is 9.71 Å². The Kier molecular flexibility index (Phi) is 3.96. The largest absolute Gasteiger partial charge is 0.495 e. The maximum absolute atomic E-state index is 12.9. The maximum atomic E-state index is 12.9. The van der Waals surface area contributed by atoms with Gasteiger partial charge in [-0.1, -0.05) is 0 Å². The van der Waals surface area contributed by atoms with Gasteiger partial charge in [-0.3, -0.25) is 4.72 Å². The molecule has 0 saturated heterocycles. The number of nitrogens with zero attached hydrogens (tertiary/aromatic N) is 2. The number of nitrogens with one attached hydrogen (secondary N) is 1. The second-order valence-corrected chi connectivity index (χ2v) is 7.33. The van der Waals surface area contributed by atoms with Gasteiger partial charge in [-0.05, 0) is 56.2 Å². The number of hydrogen-bond donors (Lipinski definition) is 1. The molecule has 126 valence electrons. The Morgan fingerprint density at radius 1 is 1.12 bits per heavy atom. The van der Waals surface area contributed by atoms with E-state index in [4.69, 9.17) is 4.74 Å². The first-order valence-corrected chi connectivity index (χ1v) is 8.92. The summed E-state index contributed by atoms with van der Waals surface area (Å²) in [7, 11) is -2.31. The number of rotatable bonds is 4. The van der Waals surface area contributed by atoms with Crippen LogP contribution in [-0.4, -0.2) is 24.9 Å². The van der Waals surface area contributed by atoms with E-state index in [1.165, 1.54) is 7.11 Å². The molecule has 2 aromatic heterocycles. The Morgan fingerprint density at radius 2 is 1.83 bits per heavy atom. The molecule has 0 radical (unpaired) electrons. The van der Waals surface area contributed by atoms with Gasteiger partial charge in [-0.25, -0.2) is 13.4 Å². The molecule has 3 rings (SSSR count). The summed E-state index contributed by atoms with van der Waals surface area (Å²) in [5.41, 5.74) is 3.89. The van der Waals surface area contributed by atoms with E-state index in [1.807, 2.05) is 25.2 Å². The van der Waals surface area contributed by atoms with E-state index in [0.29, 0.717) is 11.4 Å². The molecule has 0 spiro atoms. The molecular weight excluding hydrogens is 326 g/mol. The second-order valence-electron chi connectivity index (χ2n) is 5.68. The minimum Gasteiger partial charge on any atom is -0.495 e. The lowest BCUT2D eigenvalue weighted by Crippen LogP contribution is -2.16. The standard InChI is InChI=1S/C17H19N3O3S/c1-11-9-15(23-4)16(10-12(11)2)24(21,22)19-14-5-6-17-18-7-8-20(17)13(14)3/h5-10,19H,1-4H3. The highest BCUT2D eigenvalue weighted by atomic mass is 32.2. The van der Waals surface area contributed by atoms with Crippen LogP contribution in [0.3, 0.4) is 0 Å². The van der Waals surface area contributed by atoms with E-state index < -0.39 is 10.0 Å². The molecule has 3 aromatic rings. The van der Waals surface area contributed by atoms with Gasteiger partial charge in [-0.2, -0.15) is 0 Å². The molecule has 0 amide bonds. The molecule has 0 aliphatic rings. The second kappa shape index (κ2) is 5.83. The van der Waals surface area contributed by atoms with Gasteiger partial charge in [-0.15, -0.1) is 0 Å². The number of fused-ring (bicyclic) bond motifs is 1. The summed E-state index contributed by atoms with van der Waals surface area (Å²) >= 11 is 0. The highest BCUT2D eigenvalue weighted by Gasteiger charge is 2.22. The van der Waals surface area contributed by atoms with E-state index in [0.717, 1.165) is 22.5 Å². The zero-order valence-corrected chi connectivity index (χ0v) is 14.8. The minimum absolute atomic E-state index is 0.123. The third kappa shape index (κ3) is 2.71. The molecule has 1 aromatic carbocycles. The van der Waals surface area contributed by atoms with Gasteiger partial charge in [0.05, 0.1) is 12.8 Å². The summed E-state index contributed by atoms with van der Waals surface area (Å²) < 4.78 is 35.4. The summed E-state index contributed by atoms with van der Waals surface area (Å²) in [6.45, 7) is 5.62. The molecule has 0 aliphatic heterocycles. The lowest BCUT2D eigenvalue weighted by Gasteiger charge is -2.15. The van der Waals surface area contributed by atoms with E-state index in [9.17, 15) is 8.42 Å². The summed E-state index contributed by atoms with van der Waals surface area (Å²) in [6, 6.07) is 6.84. The Labute approximate surface area is 141 Å². The molecule has 7 heteroatoms. The van der Waals surface area contributed by atoms with Crippen molar-refractivity contribution in [1.82, 2.24) is 9.38 Å². The van der Waals surface area contributed by atoms with E-state index in [-0.39, 0.29) is 4.90 Å². The average molecular weight is 345 g/mol. The van der Waals surface area contributed by atoms with Crippen molar-refractivity contribution >= 4 is 21.4 Å². The number of anilines is 1. The molecular formula is C17H19N3O3S. The number of sulfonamides is 1. The van der Waals surface area contributed by atoms with Crippen LogP contribution in [0.2, 0.25) is 0 Å². The molecule has 6 nitrogen and oxygen atoms in total. The molecule has 0 unspecified atom stereocenters. The Balaban J connectivity index is 2.08. The molecule has 0 saturated carbocycles. The third-order valence-electron chi connectivity index (χ3n) is 4.13. The number of methoxy groups -OCH3 is 1. The molecule has 24 heavy (non-hydrogen) atoms. The Bertz CT molecular complexity index is 1020. The maximum Gasteiger partial charge on any atom is 0.265 e. The van der Waals surface area contributed by atoms with Crippen molar-refractivity contribution in [3.05, 3.63) is 53.5 Å². The predicted octanol–water partition coefficient (Wildman–Crippen LogP) is 3.07. The monoisotopic (exact) mass is 345 g/mol. The van der Waals surface area contributed by atoms with Crippen LogP contribution in [0.15, 0.2) is 41.6 Å². The fourth-order valence-electron chi connectivity index (χ4n) is 2.57. The number of hydrogen-bond acceptors (Lipinski definition) is 4. The zero-order valence-electron chi connectivity index (χ0n) is 14.0. The van der Waals surface area contributed by atoms with Gasteiger partial charge in [0.15, 0.2) is 0 Å². The van der Waals surface area contributed by atoms with Crippen molar-refractivity contribution in [2.75, 3.05) is 11.8 Å². The van der Waals surface area contributed by atoms with Crippen LogP contribution >= 0.6 is 0 Å². The number of benzene rings is 1. The fourth-order valence-corrected chi connectivity index (χ4v) is 3.92. The van der Waals surface area contributed by atoms with Crippen molar-refractivity contribution in [3.8, 4) is 5.75 Å². The van der Waals surface area contributed by atoms with Crippen molar-refractivity contribution in [2.45, 2.75) is 25.7 Å². The highest BCUT2D eigenvalue weighted by Crippen LogP contribution is 2.29. The summed E-state index contributed by atoms with van der Waals surface area (Å²) in [5, 5.41) is 0. The number of ether oxygens (including phenoxy) is 1. The Morgan fingerprint density at radius 3 is 2.54 bits per heavy atom. The molecule has 0 atom stereocenters. The first-order chi connectivity index (χ1) is 11.3. The normalized spacial score (nSPS) is 11.7. The van der Waals surface area contributed by atoms with Crippen LogP contribution in [-0.2, 0) is 10.0 Å². The van der Waals surface area contributed by atoms with Gasteiger partial charge < -0.3 is 9.14 Å². The highest BCUT2D eigenvalue weighted by molar-refractivity contribution is 7.92. The summed E-state index contributed by atoms with van der Waals surface area (Å²) in [6.07, 6.45) is 3.46. The van der Waals surface area contributed by atoms with Crippen LogP contribution in [0.1, 0.15) is 16.8 Å². The first kappa shape index (κ1) is 16.3. The van der Waals surface area contributed by atoms with Crippen LogP contribution < -0.4 is 9.46 Å². The summed E-state index contributed by atoms with van der Waals surface area (Å²) in [4.78, 5) is 4.31. The van der Waals surface area contributed by atoms with Crippen LogP contribution in [0.5, 0.6) is 5.75 Å². The topological polar surface area (TPSA) is 72.7 Å². The number of aryl methyl sites for hydroxylation is 3. The molecule has 0 aliphatic carbocycles. The van der Waals surface area contributed by atoms with Crippen molar-refractivity contribution in [1.29, 1.82) is 0 Å². The van der Waals surface area contributed by atoms with Gasteiger partial charge in [0.2, 0.25) is 0 Å². The van der Waals surface area contributed by atoms with E-state index in [1.54, 1.807) is 36.7 Å². The number of pyridine rings is 1. The SMILES string of the molecule is COc1cc(C)c(C)cc1S(=O)(=O)Nc1ccc2nccn2c1C. The zero-order chi connectivity index (χ0) is 17.5. The summed E-state index contributed by atoms with van der Waals surface area (Å²) in [5.74, 6) is 0.326. The lowest BCUT2D eigenvalue weighted by atomic mass is 10.1. The molecule has 0 bridgehead atoms. The van der Waals surface area contributed by atoms with Gasteiger partial charge in [0.25, 0.3) is 10.0 Å². The molecule has 1 N–H and O–H groups in total. The smallest absolute Gasteiger partial charge is 0.265 e. The van der Waals surface area contributed by atoms with Crippen molar-refractivity contribution < 1.29 is 13.2 Å². The van der Waals surface area contributed by atoms with Gasteiger partial charge >= 0.3 is 0 Å². The third-order valence-corrected chi connectivity index (χ3v) is 5.52. The van der Waals surface area contributed by atoms with E-state index >= 15 is 0 Å². The fraction of sp³-hybridized carbons (Fsp3) is 0.235. The predicted molar refractivity (Wildman–Crippen MR) is 93.2 cm³/mol. The van der Waals surface area contributed by atoms with Gasteiger partial charge in [0.1, 0.15) is 16.3 Å². The number of aromatic nitrogens is 2. The van der Waals surface area contributed by atoms with Crippen LogP contribution in [0.25, 0.3) is 5.65 Å². The number of imidazole rings is 1. The molecule has 2 heterocycles. The minimum atomic E-state index is -3.78. The lowest BCUT2D eigenvalue weighted by molar-refractivity contribution is 0.402. The van der Waals surface area contributed by atoms with Crippen LogP contribution in [0, 0.1) is 20.8 Å². The van der Waals surface area contributed by atoms with Gasteiger partial charge in [0, 0.05) is 18.1 Å². The first-order valence-electron chi connectivity index (χ1n) is 7.44.